The summed E-state index contributed by atoms with van der Waals surface area (Å²) >= 11 is 1.38. The first kappa shape index (κ1) is 13.2. The summed E-state index contributed by atoms with van der Waals surface area (Å²) in [5.74, 6) is -0.422. The van der Waals surface area contributed by atoms with Crippen molar-refractivity contribution in [2.75, 3.05) is 11.5 Å². The Morgan fingerprint density at radius 3 is 2.78 bits per heavy atom. The van der Waals surface area contributed by atoms with Crippen molar-refractivity contribution >= 4 is 32.5 Å². The van der Waals surface area contributed by atoms with Gasteiger partial charge in [0.2, 0.25) is 0 Å². The summed E-state index contributed by atoms with van der Waals surface area (Å²) in [5, 5.41) is 8.59. The average molecular weight is 284 g/mol. The van der Waals surface area contributed by atoms with Gasteiger partial charge < -0.3 is 5.11 Å². The number of carboxylic acids is 1. The Morgan fingerprint density at radius 2 is 2.06 bits per heavy atom. The van der Waals surface area contributed by atoms with E-state index in [2.05, 4.69) is 0 Å². The summed E-state index contributed by atoms with van der Waals surface area (Å²) < 4.78 is 23.7. The van der Waals surface area contributed by atoms with Gasteiger partial charge in [0, 0.05) is 16.2 Å². The van der Waals surface area contributed by atoms with Crippen molar-refractivity contribution in [1.82, 2.24) is 0 Å². The zero-order valence-electron chi connectivity index (χ0n) is 9.50. The van der Waals surface area contributed by atoms with Crippen molar-refractivity contribution in [3.05, 3.63) is 35.9 Å². The Hall–Kier alpha value is -1.27. The molecular formula is C12H12O4S2. The van der Waals surface area contributed by atoms with Gasteiger partial charge in [-0.3, -0.25) is 4.79 Å². The van der Waals surface area contributed by atoms with Gasteiger partial charge in [0.05, 0.1) is 17.1 Å². The van der Waals surface area contributed by atoms with E-state index >= 15 is 0 Å². The topological polar surface area (TPSA) is 71.4 Å². The minimum absolute atomic E-state index is 0.0145. The summed E-state index contributed by atoms with van der Waals surface area (Å²) in [7, 11) is -3.22. The number of carbonyl (C=O) groups is 1. The monoisotopic (exact) mass is 284 g/mol. The predicted molar refractivity (Wildman–Crippen MR) is 71.2 cm³/mol. The van der Waals surface area contributed by atoms with Gasteiger partial charge in [0.1, 0.15) is 0 Å². The van der Waals surface area contributed by atoms with Crippen LogP contribution in [0.1, 0.15) is 12.0 Å². The molecule has 0 aliphatic carbocycles. The number of thioether (sulfide) groups is 1. The van der Waals surface area contributed by atoms with Gasteiger partial charge in [0.15, 0.2) is 9.84 Å². The first-order chi connectivity index (χ1) is 8.50. The third-order valence-electron chi connectivity index (χ3n) is 2.55. The maximum Gasteiger partial charge on any atom is 0.304 e. The lowest BCUT2D eigenvalue weighted by atomic mass is 10.2. The van der Waals surface area contributed by atoms with E-state index in [-0.39, 0.29) is 12.2 Å². The summed E-state index contributed by atoms with van der Waals surface area (Å²) in [5.41, 5.74) is 0.680. The summed E-state index contributed by atoms with van der Waals surface area (Å²) in [6.07, 6.45) is 1.72. The fourth-order valence-corrected chi connectivity index (χ4v) is 4.28. The number of rotatable bonds is 4. The number of hydrogen-bond donors (Lipinski definition) is 1. The minimum atomic E-state index is -3.22. The highest BCUT2D eigenvalue weighted by Gasteiger charge is 2.24. The number of benzene rings is 1. The van der Waals surface area contributed by atoms with Gasteiger partial charge in [-0.05, 0) is 6.07 Å². The Bertz CT molecular complexity index is 602. The molecule has 18 heavy (non-hydrogen) atoms. The number of hydrogen-bond acceptors (Lipinski definition) is 4. The standard InChI is InChI=1S/C12H12O4S2/c13-12(14)5-7-17-10-6-8-18(15,16)11-4-2-1-3-9(10)11/h1-4,6H,5,7-8H2,(H,13,14). The highest BCUT2D eigenvalue weighted by atomic mass is 32.2. The van der Waals surface area contributed by atoms with Crippen LogP contribution >= 0.6 is 11.8 Å². The smallest absolute Gasteiger partial charge is 0.304 e. The molecule has 1 aliphatic rings. The summed E-state index contributed by atoms with van der Waals surface area (Å²) in [4.78, 5) is 11.6. The quantitative estimate of drug-likeness (QED) is 0.916. The fraction of sp³-hybridized carbons (Fsp3) is 0.250. The van der Waals surface area contributed by atoms with Crippen LogP contribution in [-0.2, 0) is 14.6 Å². The Kier molecular flexibility index (Phi) is 3.77. The van der Waals surface area contributed by atoms with Gasteiger partial charge in [-0.2, -0.15) is 0 Å². The molecule has 0 unspecified atom stereocenters. The van der Waals surface area contributed by atoms with Crippen molar-refractivity contribution in [2.24, 2.45) is 0 Å². The maximum atomic E-state index is 11.9. The van der Waals surface area contributed by atoms with Crippen LogP contribution in [0.5, 0.6) is 0 Å². The van der Waals surface area contributed by atoms with E-state index in [4.69, 9.17) is 5.11 Å². The minimum Gasteiger partial charge on any atom is -0.481 e. The molecule has 96 valence electrons. The molecule has 1 heterocycles. The molecule has 1 aliphatic heterocycles. The van der Waals surface area contributed by atoms with Crippen molar-refractivity contribution < 1.29 is 18.3 Å². The molecule has 0 spiro atoms. The van der Waals surface area contributed by atoms with Crippen LogP contribution in [0.15, 0.2) is 35.2 Å². The van der Waals surface area contributed by atoms with Crippen molar-refractivity contribution in [2.45, 2.75) is 11.3 Å². The first-order valence-corrected chi connectivity index (χ1v) is 8.01. The highest BCUT2D eigenvalue weighted by molar-refractivity contribution is 8.08. The molecule has 2 rings (SSSR count). The van der Waals surface area contributed by atoms with Crippen LogP contribution in [0.2, 0.25) is 0 Å². The number of fused-ring (bicyclic) bond motifs is 1. The van der Waals surface area contributed by atoms with Crippen LogP contribution in [0.4, 0.5) is 0 Å². The molecule has 0 bridgehead atoms. The molecular weight excluding hydrogens is 272 g/mol. The lowest BCUT2D eigenvalue weighted by molar-refractivity contribution is -0.136. The zero-order valence-corrected chi connectivity index (χ0v) is 11.1. The lowest BCUT2D eigenvalue weighted by Crippen LogP contribution is -2.12. The van der Waals surface area contributed by atoms with Crippen LogP contribution in [0.25, 0.3) is 4.91 Å². The van der Waals surface area contributed by atoms with Gasteiger partial charge in [0.25, 0.3) is 0 Å². The van der Waals surface area contributed by atoms with E-state index < -0.39 is 15.8 Å². The number of aliphatic carboxylic acids is 1. The van der Waals surface area contributed by atoms with Crippen LogP contribution in [0.3, 0.4) is 0 Å². The maximum absolute atomic E-state index is 11.9. The van der Waals surface area contributed by atoms with Crippen LogP contribution in [-0.4, -0.2) is 31.0 Å². The third-order valence-corrected chi connectivity index (χ3v) is 5.29. The van der Waals surface area contributed by atoms with Crippen molar-refractivity contribution in [3.63, 3.8) is 0 Å². The number of sulfone groups is 1. The van der Waals surface area contributed by atoms with Gasteiger partial charge in [-0.1, -0.05) is 24.3 Å². The normalized spacial score (nSPS) is 16.8. The van der Waals surface area contributed by atoms with E-state index in [1.165, 1.54) is 11.8 Å². The van der Waals surface area contributed by atoms with E-state index in [1.54, 1.807) is 30.3 Å². The Balaban J connectivity index is 2.24. The molecule has 0 saturated carbocycles. The third kappa shape index (κ3) is 2.76. The van der Waals surface area contributed by atoms with E-state index in [1.807, 2.05) is 0 Å². The van der Waals surface area contributed by atoms with Crippen molar-refractivity contribution in [3.8, 4) is 0 Å². The number of carboxylic acid groups (broad SMARTS) is 1. The molecule has 0 saturated heterocycles. The second-order valence-electron chi connectivity index (χ2n) is 3.84. The Morgan fingerprint density at radius 1 is 1.33 bits per heavy atom. The summed E-state index contributed by atoms with van der Waals surface area (Å²) in [6.45, 7) is 0. The largest absolute Gasteiger partial charge is 0.481 e. The van der Waals surface area contributed by atoms with Gasteiger partial charge >= 0.3 is 5.97 Å². The van der Waals surface area contributed by atoms with Gasteiger partial charge in [-0.25, -0.2) is 8.42 Å². The predicted octanol–water partition coefficient (Wildman–Crippen LogP) is 2.02. The van der Waals surface area contributed by atoms with Crippen LogP contribution in [0, 0.1) is 0 Å². The molecule has 6 heteroatoms. The van der Waals surface area contributed by atoms with E-state index in [9.17, 15) is 13.2 Å². The van der Waals surface area contributed by atoms with E-state index in [0.29, 0.717) is 16.2 Å². The van der Waals surface area contributed by atoms with Crippen molar-refractivity contribution in [1.29, 1.82) is 0 Å². The molecule has 4 nitrogen and oxygen atoms in total. The molecule has 1 N–H and O–H groups in total. The molecule has 0 atom stereocenters. The molecule has 0 radical (unpaired) electrons. The molecule has 0 fully saturated rings. The van der Waals surface area contributed by atoms with Crippen LogP contribution < -0.4 is 0 Å². The highest BCUT2D eigenvalue weighted by Crippen LogP contribution is 2.36. The second-order valence-corrected chi connectivity index (χ2v) is 6.98. The average Bonchev–Trinajstić information content (AvgIpc) is 2.32. The molecule has 0 aromatic heterocycles. The molecule has 1 aromatic carbocycles. The zero-order chi connectivity index (χ0) is 13.2. The second kappa shape index (κ2) is 5.16. The SMILES string of the molecule is O=C(O)CCSC1=CCS(=O)(=O)c2ccccc21. The molecule has 0 amide bonds. The van der Waals surface area contributed by atoms with E-state index in [0.717, 1.165) is 4.91 Å². The molecule has 1 aromatic rings. The Labute approximate surface area is 110 Å². The first-order valence-electron chi connectivity index (χ1n) is 5.37. The lowest BCUT2D eigenvalue weighted by Gasteiger charge is -2.17. The fourth-order valence-electron chi connectivity index (χ4n) is 1.71. The summed E-state index contributed by atoms with van der Waals surface area (Å²) in [6, 6.07) is 6.83. The van der Waals surface area contributed by atoms with Gasteiger partial charge in [-0.15, -0.1) is 11.8 Å².